The number of thiazole rings is 1. The van der Waals surface area contributed by atoms with Gasteiger partial charge in [-0.15, -0.1) is 0 Å². The largest absolute Gasteiger partial charge is 0.361 e. The van der Waals surface area contributed by atoms with Gasteiger partial charge < -0.3 is 9.42 Å². The highest BCUT2D eigenvalue weighted by molar-refractivity contribution is 7.15. The lowest BCUT2D eigenvalue weighted by atomic mass is 10.1. The molecule has 3 aromatic rings. The van der Waals surface area contributed by atoms with Crippen LogP contribution in [0.5, 0.6) is 0 Å². The quantitative estimate of drug-likeness (QED) is 0.746. The second kappa shape index (κ2) is 6.64. The molecule has 1 aliphatic rings. The van der Waals surface area contributed by atoms with Gasteiger partial charge in [-0.05, 0) is 6.92 Å². The maximum Gasteiger partial charge on any atom is 0.277 e. The number of hydrogen-bond donors (Lipinski definition) is 1. The van der Waals surface area contributed by atoms with Gasteiger partial charge in [0.15, 0.2) is 10.8 Å². The third-order valence-electron chi connectivity index (χ3n) is 3.88. The molecule has 0 unspecified atom stereocenters. The van der Waals surface area contributed by atoms with E-state index in [4.69, 9.17) is 4.52 Å². The molecule has 132 valence electrons. The fourth-order valence-corrected chi connectivity index (χ4v) is 3.65. The highest BCUT2D eigenvalue weighted by Crippen LogP contribution is 2.29. The van der Waals surface area contributed by atoms with Gasteiger partial charge in [0.2, 0.25) is 0 Å². The van der Waals surface area contributed by atoms with Crippen LogP contribution in [0.1, 0.15) is 37.3 Å². The summed E-state index contributed by atoms with van der Waals surface area (Å²) in [7, 11) is 0. The molecule has 3 aromatic heterocycles. The van der Waals surface area contributed by atoms with E-state index in [2.05, 4.69) is 25.4 Å². The summed E-state index contributed by atoms with van der Waals surface area (Å²) in [5.41, 5.74) is 1.41. The van der Waals surface area contributed by atoms with Gasteiger partial charge in [0.25, 0.3) is 11.8 Å². The standard InChI is InChI=1S/C16H14N6O3S/c1-9-6-11(21-25-9)15(24)22-5-2-10-13(8-22)26-16(19-10)20-14(23)12-7-17-3-4-18-12/h3-4,6-7H,2,5,8H2,1H3,(H,19,20,23). The van der Waals surface area contributed by atoms with E-state index in [-0.39, 0.29) is 17.5 Å². The van der Waals surface area contributed by atoms with Gasteiger partial charge in [-0.25, -0.2) is 9.97 Å². The third-order valence-corrected chi connectivity index (χ3v) is 4.88. The molecule has 9 nitrogen and oxygen atoms in total. The Morgan fingerprint density at radius 1 is 1.31 bits per heavy atom. The summed E-state index contributed by atoms with van der Waals surface area (Å²) in [5, 5.41) is 6.99. The van der Waals surface area contributed by atoms with Crippen molar-refractivity contribution in [3.05, 3.63) is 52.4 Å². The molecule has 10 heteroatoms. The molecule has 0 fully saturated rings. The van der Waals surface area contributed by atoms with Crippen LogP contribution in [0, 0.1) is 6.92 Å². The van der Waals surface area contributed by atoms with Crippen LogP contribution < -0.4 is 5.32 Å². The van der Waals surface area contributed by atoms with Gasteiger partial charge in [0, 0.05) is 36.3 Å². The first-order valence-corrected chi connectivity index (χ1v) is 8.70. The SMILES string of the molecule is Cc1cc(C(=O)N2CCc3nc(NC(=O)c4cnccn4)sc3C2)no1. The highest BCUT2D eigenvalue weighted by atomic mass is 32.1. The number of fused-ring (bicyclic) bond motifs is 1. The Balaban J connectivity index is 1.47. The first-order chi connectivity index (χ1) is 12.6. The van der Waals surface area contributed by atoms with Crippen LogP contribution >= 0.6 is 11.3 Å². The molecule has 2 amide bonds. The lowest BCUT2D eigenvalue weighted by molar-refractivity contribution is 0.0725. The van der Waals surface area contributed by atoms with Crippen LogP contribution in [0.2, 0.25) is 0 Å². The van der Waals surface area contributed by atoms with E-state index in [0.29, 0.717) is 36.1 Å². The maximum atomic E-state index is 12.5. The maximum absolute atomic E-state index is 12.5. The van der Waals surface area contributed by atoms with Crippen LogP contribution in [-0.4, -0.2) is 43.4 Å². The predicted molar refractivity (Wildman–Crippen MR) is 91.8 cm³/mol. The molecular weight excluding hydrogens is 356 g/mol. The molecule has 0 atom stereocenters. The zero-order chi connectivity index (χ0) is 18.1. The van der Waals surface area contributed by atoms with Crippen LogP contribution in [0.15, 0.2) is 29.2 Å². The normalized spacial score (nSPS) is 13.3. The lowest BCUT2D eigenvalue weighted by Crippen LogP contribution is -2.35. The van der Waals surface area contributed by atoms with Crippen molar-refractivity contribution < 1.29 is 14.1 Å². The van der Waals surface area contributed by atoms with Crippen LogP contribution in [0.25, 0.3) is 0 Å². The van der Waals surface area contributed by atoms with E-state index in [0.717, 1.165) is 10.6 Å². The fraction of sp³-hybridized carbons (Fsp3) is 0.250. The van der Waals surface area contributed by atoms with Crippen molar-refractivity contribution >= 4 is 28.3 Å². The van der Waals surface area contributed by atoms with Gasteiger partial charge in [0.05, 0.1) is 18.4 Å². The number of nitrogens with zero attached hydrogens (tertiary/aromatic N) is 5. The van der Waals surface area contributed by atoms with Gasteiger partial charge in [-0.1, -0.05) is 16.5 Å². The summed E-state index contributed by atoms with van der Waals surface area (Å²) in [4.78, 5) is 39.6. The third kappa shape index (κ3) is 3.18. The first-order valence-electron chi connectivity index (χ1n) is 7.88. The molecule has 1 aliphatic heterocycles. The van der Waals surface area contributed by atoms with E-state index in [1.165, 1.54) is 29.9 Å². The molecule has 0 saturated carbocycles. The zero-order valence-corrected chi connectivity index (χ0v) is 14.6. The van der Waals surface area contributed by atoms with Crippen molar-refractivity contribution in [3.63, 3.8) is 0 Å². The summed E-state index contributed by atoms with van der Waals surface area (Å²) in [6, 6.07) is 1.62. The Hall–Kier alpha value is -3.14. The minimum Gasteiger partial charge on any atom is -0.361 e. The number of rotatable bonds is 3. The van der Waals surface area contributed by atoms with Gasteiger partial charge in [-0.2, -0.15) is 0 Å². The molecule has 4 rings (SSSR count). The molecule has 1 N–H and O–H groups in total. The topological polar surface area (TPSA) is 114 Å². The van der Waals surface area contributed by atoms with Crippen LogP contribution in [-0.2, 0) is 13.0 Å². The lowest BCUT2D eigenvalue weighted by Gasteiger charge is -2.25. The molecule has 0 bridgehead atoms. The molecule has 4 heterocycles. The molecule has 0 aromatic carbocycles. The summed E-state index contributed by atoms with van der Waals surface area (Å²) in [6.07, 6.45) is 4.97. The van der Waals surface area contributed by atoms with Crippen molar-refractivity contribution in [3.8, 4) is 0 Å². The van der Waals surface area contributed by atoms with Crippen LogP contribution in [0.4, 0.5) is 5.13 Å². The zero-order valence-electron chi connectivity index (χ0n) is 13.8. The van der Waals surface area contributed by atoms with E-state index in [9.17, 15) is 9.59 Å². The average molecular weight is 370 g/mol. The molecule has 0 saturated heterocycles. The van der Waals surface area contributed by atoms with Crippen LogP contribution in [0.3, 0.4) is 0 Å². The summed E-state index contributed by atoms with van der Waals surface area (Å²) in [5.74, 6) is 0.0547. The van der Waals surface area contributed by atoms with Gasteiger partial charge in [-0.3, -0.25) is 19.9 Å². The number of aromatic nitrogens is 4. The molecule has 0 radical (unpaired) electrons. The molecule has 0 spiro atoms. The second-order valence-electron chi connectivity index (χ2n) is 5.73. The Bertz CT molecular complexity index is 968. The Morgan fingerprint density at radius 2 is 2.19 bits per heavy atom. The Labute approximate surface area is 152 Å². The van der Waals surface area contributed by atoms with E-state index in [1.54, 1.807) is 17.9 Å². The number of carbonyl (C=O) groups excluding carboxylic acids is 2. The van der Waals surface area contributed by atoms with Crippen molar-refractivity contribution in [1.29, 1.82) is 0 Å². The summed E-state index contributed by atoms with van der Waals surface area (Å²) < 4.78 is 4.97. The molecule has 0 aliphatic carbocycles. The van der Waals surface area contributed by atoms with Crippen molar-refractivity contribution in [2.45, 2.75) is 19.9 Å². The summed E-state index contributed by atoms with van der Waals surface area (Å²) >= 11 is 1.35. The number of aryl methyl sites for hydroxylation is 1. The van der Waals surface area contributed by atoms with Crippen molar-refractivity contribution in [2.75, 3.05) is 11.9 Å². The van der Waals surface area contributed by atoms with Crippen molar-refractivity contribution in [1.82, 2.24) is 25.0 Å². The Morgan fingerprint density at radius 3 is 2.92 bits per heavy atom. The molecule has 26 heavy (non-hydrogen) atoms. The fourth-order valence-electron chi connectivity index (χ4n) is 2.63. The number of hydrogen-bond acceptors (Lipinski definition) is 8. The van der Waals surface area contributed by atoms with E-state index < -0.39 is 0 Å². The second-order valence-corrected chi connectivity index (χ2v) is 6.82. The number of carbonyl (C=O) groups is 2. The number of anilines is 1. The van der Waals surface area contributed by atoms with E-state index in [1.807, 2.05) is 0 Å². The minimum absolute atomic E-state index is 0.175. The number of nitrogens with one attached hydrogen (secondary N) is 1. The smallest absolute Gasteiger partial charge is 0.277 e. The highest BCUT2D eigenvalue weighted by Gasteiger charge is 2.27. The molecular formula is C16H14N6O3S. The summed E-state index contributed by atoms with van der Waals surface area (Å²) in [6.45, 7) is 2.71. The predicted octanol–water partition coefficient (Wildman–Crippen LogP) is 1.68. The first kappa shape index (κ1) is 16.3. The Kier molecular flexibility index (Phi) is 4.17. The van der Waals surface area contributed by atoms with Gasteiger partial charge in [0.1, 0.15) is 11.5 Å². The van der Waals surface area contributed by atoms with Gasteiger partial charge >= 0.3 is 0 Å². The minimum atomic E-state index is -0.366. The van der Waals surface area contributed by atoms with Crippen molar-refractivity contribution in [2.24, 2.45) is 0 Å². The number of amides is 2. The van der Waals surface area contributed by atoms with E-state index >= 15 is 0 Å². The average Bonchev–Trinajstić information content (AvgIpc) is 3.26. The monoisotopic (exact) mass is 370 g/mol.